The standard InChI is InChI=1S/C22H17BrO4S2/c1-2-3-15-26-18-10-12-20(13-11-18)28-21-14-9-17(23)16-22(21)29(24,25)27-19-7-5-4-6-8-19/h4-14,16H,15H2,1H3. The molecule has 0 aliphatic rings. The van der Waals surface area contributed by atoms with E-state index in [4.69, 9.17) is 8.92 Å². The summed E-state index contributed by atoms with van der Waals surface area (Å²) in [6, 6.07) is 20.9. The van der Waals surface area contributed by atoms with E-state index in [0.29, 0.717) is 21.7 Å². The van der Waals surface area contributed by atoms with Gasteiger partial charge in [0.2, 0.25) is 0 Å². The minimum atomic E-state index is -4.00. The van der Waals surface area contributed by atoms with Crippen molar-refractivity contribution in [3.8, 4) is 23.3 Å². The first kappa shape index (κ1) is 21.3. The van der Waals surface area contributed by atoms with Gasteiger partial charge in [0.05, 0.1) is 0 Å². The first-order valence-electron chi connectivity index (χ1n) is 8.57. The van der Waals surface area contributed by atoms with Crippen LogP contribution in [0, 0.1) is 11.8 Å². The average Bonchev–Trinajstić information content (AvgIpc) is 2.71. The molecule has 0 fully saturated rings. The van der Waals surface area contributed by atoms with Crippen molar-refractivity contribution < 1.29 is 17.3 Å². The van der Waals surface area contributed by atoms with Gasteiger partial charge in [-0.1, -0.05) is 51.8 Å². The lowest BCUT2D eigenvalue weighted by molar-refractivity contribution is 0.370. The average molecular weight is 489 g/mol. The van der Waals surface area contributed by atoms with E-state index in [-0.39, 0.29) is 10.6 Å². The second-order valence-electron chi connectivity index (χ2n) is 5.73. The molecule has 0 unspecified atom stereocenters. The maximum absolute atomic E-state index is 12.9. The Balaban J connectivity index is 1.84. The monoisotopic (exact) mass is 488 g/mol. The number of para-hydroxylation sites is 1. The van der Waals surface area contributed by atoms with Crippen molar-refractivity contribution in [2.24, 2.45) is 0 Å². The fourth-order valence-corrected chi connectivity index (χ4v) is 5.14. The first-order valence-corrected chi connectivity index (χ1v) is 11.6. The van der Waals surface area contributed by atoms with E-state index in [1.807, 2.05) is 24.3 Å². The number of hydrogen-bond donors (Lipinski definition) is 0. The molecule has 0 saturated heterocycles. The van der Waals surface area contributed by atoms with Crippen LogP contribution in [0.3, 0.4) is 0 Å². The van der Waals surface area contributed by atoms with Crippen LogP contribution in [0.5, 0.6) is 11.5 Å². The van der Waals surface area contributed by atoms with Crippen LogP contribution in [0.1, 0.15) is 6.92 Å². The minimum Gasteiger partial charge on any atom is -0.481 e. The lowest BCUT2D eigenvalue weighted by atomic mass is 10.3. The number of benzene rings is 3. The van der Waals surface area contributed by atoms with Gasteiger partial charge in [-0.3, -0.25) is 0 Å². The maximum atomic E-state index is 12.9. The van der Waals surface area contributed by atoms with E-state index in [1.165, 1.54) is 11.8 Å². The van der Waals surface area contributed by atoms with Gasteiger partial charge in [-0.2, -0.15) is 8.42 Å². The highest BCUT2D eigenvalue weighted by molar-refractivity contribution is 9.10. The minimum absolute atomic E-state index is 0.0966. The van der Waals surface area contributed by atoms with Crippen molar-refractivity contribution in [3.05, 3.63) is 77.3 Å². The Bertz CT molecular complexity index is 1130. The Hall–Kier alpha value is -2.40. The summed E-state index contributed by atoms with van der Waals surface area (Å²) in [4.78, 5) is 1.53. The molecule has 4 nitrogen and oxygen atoms in total. The molecule has 148 valence electrons. The zero-order chi connectivity index (χ0) is 20.7. The summed E-state index contributed by atoms with van der Waals surface area (Å²) in [6.45, 7) is 2.09. The van der Waals surface area contributed by atoms with Crippen LogP contribution in [0.2, 0.25) is 0 Å². The molecule has 3 aromatic carbocycles. The van der Waals surface area contributed by atoms with Gasteiger partial charge in [-0.05, 0) is 61.5 Å². The largest absolute Gasteiger partial charge is 0.481 e. The van der Waals surface area contributed by atoms with E-state index >= 15 is 0 Å². The third-order valence-electron chi connectivity index (χ3n) is 3.66. The summed E-state index contributed by atoms with van der Waals surface area (Å²) < 4.78 is 37.2. The Labute approximate surface area is 183 Å². The van der Waals surface area contributed by atoms with Crippen molar-refractivity contribution in [1.82, 2.24) is 0 Å². The van der Waals surface area contributed by atoms with Crippen molar-refractivity contribution >= 4 is 37.8 Å². The Morgan fingerprint density at radius 3 is 2.38 bits per heavy atom. The summed E-state index contributed by atoms with van der Waals surface area (Å²) in [5.74, 6) is 6.58. The van der Waals surface area contributed by atoms with E-state index < -0.39 is 10.1 Å². The van der Waals surface area contributed by atoms with Gasteiger partial charge >= 0.3 is 10.1 Å². The second kappa shape index (κ2) is 9.88. The molecular formula is C22H17BrO4S2. The zero-order valence-electron chi connectivity index (χ0n) is 15.5. The highest BCUT2D eigenvalue weighted by Gasteiger charge is 2.22. The normalized spacial score (nSPS) is 10.7. The summed E-state index contributed by atoms with van der Waals surface area (Å²) in [6.07, 6.45) is 0. The molecule has 3 rings (SSSR count). The van der Waals surface area contributed by atoms with Gasteiger partial charge in [0.1, 0.15) is 23.0 Å². The molecule has 0 spiro atoms. The summed E-state index contributed by atoms with van der Waals surface area (Å²) in [5, 5.41) is 0. The number of ether oxygens (including phenoxy) is 1. The molecule has 0 aromatic heterocycles. The molecule has 29 heavy (non-hydrogen) atoms. The summed E-state index contributed by atoms with van der Waals surface area (Å²) >= 11 is 4.68. The fraction of sp³-hybridized carbons (Fsp3) is 0.0909. The topological polar surface area (TPSA) is 52.6 Å². The van der Waals surface area contributed by atoms with Gasteiger partial charge in [0.15, 0.2) is 0 Å². The number of hydrogen-bond acceptors (Lipinski definition) is 5. The van der Waals surface area contributed by atoms with Crippen LogP contribution in [-0.2, 0) is 10.1 Å². The molecule has 0 bridgehead atoms. The van der Waals surface area contributed by atoms with Crippen LogP contribution in [0.4, 0.5) is 0 Å². The molecule has 0 aliphatic carbocycles. The smallest absolute Gasteiger partial charge is 0.340 e. The summed E-state index contributed by atoms with van der Waals surface area (Å²) in [5.41, 5.74) is 0. The first-order chi connectivity index (χ1) is 14.0. The van der Waals surface area contributed by atoms with Gasteiger partial charge in [-0.25, -0.2) is 0 Å². The summed E-state index contributed by atoms with van der Waals surface area (Å²) in [7, 11) is -4.00. The Morgan fingerprint density at radius 1 is 0.966 bits per heavy atom. The predicted molar refractivity (Wildman–Crippen MR) is 118 cm³/mol. The highest BCUT2D eigenvalue weighted by Crippen LogP contribution is 2.36. The van der Waals surface area contributed by atoms with Crippen LogP contribution in [0.25, 0.3) is 0 Å². The lowest BCUT2D eigenvalue weighted by Gasteiger charge is -2.12. The third-order valence-corrected chi connectivity index (χ3v) is 6.66. The van der Waals surface area contributed by atoms with E-state index in [9.17, 15) is 8.42 Å². The van der Waals surface area contributed by atoms with Gasteiger partial charge in [0.25, 0.3) is 0 Å². The zero-order valence-corrected chi connectivity index (χ0v) is 18.7. The van der Waals surface area contributed by atoms with Crippen molar-refractivity contribution in [1.29, 1.82) is 0 Å². The van der Waals surface area contributed by atoms with Crippen LogP contribution in [0.15, 0.2) is 92.0 Å². The number of halogens is 1. The van der Waals surface area contributed by atoms with Gasteiger partial charge < -0.3 is 8.92 Å². The van der Waals surface area contributed by atoms with Crippen molar-refractivity contribution in [3.63, 3.8) is 0 Å². The third kappa shape index (κ3) is 6.04. The quantitative estimate of drug-likeness (QED) is 0.312. The molecule has 0 radical (unpaired) electrons. The second-order valence-corrected chi connectivity index (χ2v) is 9.28. The highest BCUT2D eigenvalue weighted by atomic mass is 79.9. The Kier molecular flexibility index (Phi) is 7.26. The molecule has 0 N–H and O–H groups in total. The van der Waals surface area contributed by atoms with E-state index in [2.05, 4.69) is 27.8 Å². The molecule has 0 atom stereocenters. The van der Waals surface area contributed by atoms with Crippen LogP contribution in [-0.4, -0.2) is 15.0 Å². The van der Waals surface area contributed by atoms with Crippen LogP contribution >= 0.6 is 27.7 Å². The van der Waals surface area contributed by atoms with Gasteiger partial charge in [-0.15, -0.1) is 5.92 Å². The molecule has 0 aliphatic heterocycles. The SMILES string of the molecule is CC#CCOc1ccc(Sc2ccc(Br)cc2S(=O)(=O)Oc2ccccc2)cc1. The van der Waals surface area contributed by atoms with E-state index in [0.717, 1.165) is 4.90 Å². The van der Waals surface area contributed by atoms with Crippen LogP contribution < -0.4 is 8.92 Å². The molecular weight excluding hydrogens is 472 g/mol. The predicted octanol–water partition coefficient (Wildman–Crippen LogP) is 5.77. The molecule has 3 aromatic rings. The molecule has 0 saturated carbocycles. The van der Waals surface area contributed by atoms with Crippen molar-refractivity contribution in [2.45, 2.75) is 21.6 Å². The maximum Gasteiger partial charge on any atom is 0.340 e. The number of rotatable bonds is 7. The molecule has 7 heteroatoms. The van der Waals surface area contributed by atoms with Gasteiger partial charge in [0, 0.05) is 14.3 Å². The molecule has 0 amide bonds. The van der Waals surface area contributed by atoms with E-state index in [1.54, 1.807) is 55.5 Å². The van der Waals surface area contributed by atoms with Crippen molar-refractivity contribution in [2.75, 3.05) is 6.61 Å². The fourth-order valence-electron chi connectivity index (χ4n) is 2.33. The Morgan fingerprint density at radius 2 is 1.69 bits per heavy atom. The molecule has 0 heterocycles. The lowest BCUT2D eigenvalue weighted by Crippen LogP contribution is -2.11.